The zero-order chi connectivity index (χ0) is 22.0. The Labute approximate surface area is 182 Å². The number of carbonyl (C=O) groups excluding carboxylic acids is 2. The molecule has 0 spiro atoms. The van der Waals surface area contributed by atoms with E-state index in [4.69, 9.17) is 4.74 Å². The van der Waals surface area contributed by atoms with Gasteiger partial charge in [-0.15, -0.1) is 11.8 Å². The number of amides is 2. The van der Waals surface area contributed by atoms with Gasteiger partial charge in [0.15, 0.2) is 0 Å². The Bertz CT molecular complexity index is 1140. The van der Waals surface area contributed by atoms with Gasteiger partial charge in [0.1, 0.15) is 22.8 Å². The minimum absolute atomic E-state index is 0.0223. The normalized spacial score (nSPS) is 15.8. The molecule has 2 amide bonds. The zero-order valence-electron chi connectivity index (χ0n) is 16.5. The Kier molecular flexibility index (Phi) is 5.90. The highest BCUT2D eigenvalue weighted by Gasteiger charge is 2.35. The van der Waals surface area contributed by atoms with Gasteiger partial charge in [-0.2, -0.15) is 0 Å². The van der Waals surface area contributed by atoms with Crippen molar-refractivity contribution in [2.45, 2.75) is 5.37 Å². The molecule has 0 aliphatic carbocycles. The third-order valence-corrected chi connectivity index (χ3v) is 6.03. The molecule has 1 aliphatic rings. The molecule has 1 heterocycles. The number of nitrogens with zero attached hydrogens (tertiary/aromatic N) is 1. The second-order valence-corrected chi connectivity index (χ2v) is 7.90. The first kappa shape index (κ1) is 20.9. The molecule has 1 fully saturated rings. The minimum Gasteiger partial charge on any atom is -0.497 e. The topological polar surface area (TPSA) is 58.6 Å². The molecule has 158 valence electrons. The molecule has 0 aromatic heterocycles. The Hall–Kier alpha value is -3.39. The number of hydrogen-bond donors (Lipinski definition) is 1. The maximum atomic E-state index is 14.3. The second-order valence-electron chi connectivity index (χ2n) is 6.83. The molecule has 1 unspecified atom stereocenters. The van der Waals surface area contributed by atoms with Gasteiger partial charge in [0.05, 0.1) is 18.6 Å². The van der Waals surface area contributed by atoms with Crippen molar-refractivity contribution >= 4 is 35.0 Å². The van der Waals surface area contributed by atoms with Crippen LogP contribution in [0.5, 0.6) is 5.75 Å². The molecule has 4 rings (SSSR count). The van der Waals surface area contributed by atoms with Crippen molar-refractivity contribution < 1.29 is 23.1 Å². The van der Waals surface area contributed by atoms with Crippen molar-refractivity contribution in [3.63, 3.8) is 0 Å². The maximum Gasteiger partial charge on any atom is 0.255 e. The van der Waals surface area contributed by atoms with Crippen molar-refractivity contribution in [1.29, 1.82) is 0 Å². The summed E-state index contributed by atoms with van der Waals surface area (Å²) in [5.74, 6) is -1.26. The number of carbonyl (C=O) groups is 2. The van der Waals surface area contributed by atoms with Crippen LogP contribution in [0, 0.1) is 11.6 Å². The maximum absolute atomic E-state index is 14.3. The molecule has 3 aromatic carbocycles. The molecule has 1 aliphatic heterocycles. The summed E-state index contributed by atoms with van der Waals surface area (Å²) < 4.78 is 32.8. The van der Waals surface area contributed by atoms with Gasteiger partial charge in [-0.1, -0.05) is 12.1 Å². The summed E-state index contributed by atoms with van der Waals surface area (Å²) in [6.45, 7) is 0. The number of halogens is 2. The minimum atomic E-state index is -0.801. The van der Waals surface area contributed by atoms with Crippen LogP contribution in [0.25, 0.3) is 0 Å². The highest BCUT2D eigenvalue weighted by atomic mass is 32.2. The van der Waals surface area contributed by atoms with Crippen LogP contribution in [0.15, 0.2) is 66.7 Å². The van der Waals surface area contributed by atoms with Crippen molar-refractivity contribution in [3.8, 4) is 5.75 Å². The van der Waals surface area contributed by atoms with Crippen LogP contribution in [-0.4, -0.2) is 24.7 Å². The van der Waals surface area contributed by atoms with E-state index >= 15 is 0 Å². The average molecular weight is 440 g/mol. The molecule has 0 saturated carbocycles. The fourth-order valence-corrected chi connectivity index (χ4v) is 4.48. The SMILES string of the molecule is COc1ccc(C(=O)Nc2cccc(C3SCC(=O)N3c3ccc(F)cc3F)c2)cc1. The van der Waals surface area contributed by atoms with Crippen LogP contribution in [-0.2, 0) is 4.79 Å². The average Bonchev–Trinajstić information content (AvgIpc) is 3.15. The second kappa shape index (κ2) is 8.77. The fraction of sp³-hybridized carbons (Fsp3) is 0.130. The molecule has 3 aromatic rings. The standard InChI is InChI=1S/C23H18F2N2O3S/c1-30-18-8-5-14(6-9-18)22(29)26-17-4-2-3-15(11-17)23-27(21(28)13-31-23)20-10-7-16(24)12-19(20)25/h2-12,23H,13H2,1H3,(H,26,29). The van der Waals surface area contributed by atoms with Gasteiger partial charge in [-0.3, -0.25) is 14.5 Å². The molecule has 0 bridgehead atoms. The number of benzene rings is 3. The predicted octanol–water partition coefficient (Wildman–Crippen LogP) is 5.00. The lowest BCUT2D eigenvalue weighted by Crippen LogP contribution is -2.28. The molecule has 31 heavy (non-hydrogen) atoms. The van der Waals surface area contributed by atoms with Crippen LogP contribution < -0.4 is 15.0 Å². The number of rotatable bonds is 5. The first-order valence-electron chi connectivity index (χ1n) is 9.40. The monoisotopic (exact) mass is 440 g/mol. The zero-order valence-corrected chi connectivity index (χ0v) is 17.3. The van der Waals surface area contributed by atoms with E-state index < -0.39 is 17.0 Å². The summed E-state index contributed by atoms with van der Waals surface area (Å²) >= 11 is 1.34. The highest BCUT2D eigenvalue weighted by molar-refractivity contribution is 8.00. The predicted molar refractivity (Wildman–Crippen MR) is 116 cm³/mol. The van der Waals surface area contributed by atoms with Crippen LogP contribution in [0.4, 0.5) is 20.2 Å². The molecule has 5 nitrogen and oxygen atoms in total. The molecule has 8 heteroatoms. The van der Waals surface area contributed by atoms with E-state index in [1.165, 1.54) is 22.7 Å². The number of anilines is 2. The van der Waals surface area contributed by atoms with Crippen LogP contribution >= 0.6 is 11.8 Å². The summed E-state index contributed by atoms with van der Waals surface area (Å²) in [7, 11) is 1.55. The molecule has 1 saturated heterocycles. The Balaban J connectivity index is 1.58. The van der Waals surface area contributed by atoms with E-state index in [1.807, 2.05) is 0 Å². The van der Waals surface area contributed by atoms with Gasteiger partial charge < -0.3 is 10.1 Å². The van der Waals surface area contributed by atoms with Crippen molar-refractivity contribution in [1.82, 2.24) is 0 Å². The van der Waals surface area contributed by atoms with Gasteiger partial charge in [-0.25, -0.2) is 8.78 Å². The van der Waals surface area contributed by atoms with Gasteiger partial charge in [0.25, 0.3) is 5.91 Å². The Morgan fingerprint density at radius 2 is 1.87 bits per heavy atom. The molecule has 1 N–H and O–H groups in total. The summed E-state index contributed by atoms with van der Waals surface area (Å²) in [6.07, 6.45) is 0. The summed E-state index contributed by atoms with van der Waals surface area (Å²) in [5, 5.41) is 2.33. The summed E-state index contributed by atoms with van der Waals surface area (Å²) in [4.78, 5) is 26.3. The van der Waals surface area contributed by atoms with Gasteiger partial charge in [0, 0.05) is 17.3 Å². The summed E-state index contributed by atoms with van der Waals surface area (Å²) in [6, 6.07) is 16.9. The van der Waals surface area contributed by atoms with Crippen LogP contribution in [0.1, 0.15) is 21.3 Å². The molecule has 1 atom stereocenters. The Morgan fingerprint density at radius 3 is 2.58 bits per heavy atom. The lowest BCUT2D eigenvalue weighted by atomic mass is 10.1. The third-order valence-electron chi connectivity index (χ3n) is 4.82. The third kappa shape index (κ3) is 4.39. The highest BCUT2D eigenvalue weighted by Crippen LogP contribution is 2.43. The van der Waals surface area contributed by atoms with E-state index in [9.17, 15) is 18.4 Å². The quantitative estimate of drug-likeness (QED) is 0.606. The molecule has 0 radical (unpaired) electrons. The molecular formula is C23H18F2N2O3S. The van der Waals surface area contributed by atoms with Gasteiger partial charge in [0.2, 0.25) is 5.91 Å². The first-order valence-corrected chi connectivity index (χ1v) is 10.5. The van der Waals surface area contributed by atoms with E-state index in [1.54, 1.807) is 55.6 Å². The van der Waals surface area contributed by atoms with E-state index in [-0.39, 0.29) is 23.3 Å². The fourth-order valence-electron chi connectivity index (χ4n) is 3.32. The lowest BCUT2D eigenvalue weighted by molar-refractivity contribution is -0.115. The number of thioether (sulfide) groups is 1. The van der Waals surface area contributed by atoms with Crippen molar-refractivity contribution in [2.75, 3.05) is 23.1 Å². The largest absolute Gasteiger partial charge is 0.497 e. The van der Waals surface area contributed by atoms with Gasteiger partial charge >= 0.3 is 0 Å². The van der Waals surface area contributed by atoms with E-state index in [0.29, 0.717) is 22.6 Å². The van der Waals surface area contributed by atoms with Crippen molar-refractivity contribution in [3.05, 3.63) is 89.5 Å². The number of nitrogens with one attached hydrogen (secondary N) is 1. The van der Waals surface area contributed by atoms with Crippen LogP contribution in [0.2, 0.25) is 0 Å². The van der Waals surface area contributed by atoms with Crippen molar-refractivity contribution in [2.24, 2.45) is 0 Å². The number of hydrogen-bond acceptors (Lipinski definition) is 4. The van der Waals surface area contributed by atoms with E-state index in [2.05, 4.69) is 5.32 Å². The van der Waals surface area contributed by atoms with Gasteiger partial charge in [-0.05, 0) is 54.1 Å². The molecular weight excluding hydrogens is 422 g/mol. The van der Waals surface area contributed by atoms with Crippen LogP contribution in [0.3, 0.4) is 0 Å². The lowest BCUT2D eigenvalue weighted by Gasteiger charge is -2.25. The summed E-state index contributed by atoms with van der Waals surface area (Å²) in [5.41, 5.74) is 1.74. The smallest absolute Gasteiger partial charge is 0.255 e. The first-order chi connectivity index (χ1) is 15.0. The number of methoxy groups -OCH3 is 1. The Morgan fingerprint density at radius 1 is 1.10 bits per heavy atom. The van der Waals surface area contributed by atoms with E-state index in [0.717, 1.165) is 12.1 Å². The number of ether oxygens (including phenoxy) is 1.